The Kier molecular flexibility index (Phi) is 2.60. The number of aromatic nitrogens is 1. The van der Waals surface area contributed by atoms with Crippen LogP contribution in [-0.2, 0) is 0 Å². The van der Waals surface area contributed by atoms with Crippen LogP contribution < -0.4 is 0 Å². The molecular formula is C9H11BrN2O2. The van der Waals surface area contributed by atoms with Crippen LogP contribution in [0.2, 0.25) is 0 Å². The number of likely N-dealkylation sites (tertiary alicyclic amines) is 1. The van der Waals surface area contributed by atoms with E-state index in [1.807, 2.05) is 0 Å². The van der Waals surface area contributed by atoms with E-state index in [1.165, 1.54) is 0 Å². The number of aromatic amines is 1. The van der Waals surface area contributed by atoms with Crippen LogP contribution >= 0.6 is 15.9 Å². The number of nitrogens with zero attached hydrogens (tertiary/aromatic N) is 1. The van der Waals surface area contributed by atoms with E-state index in [1.54, 1.807) is 17.2 Å². The van der Waals surface area contributed by atoms with Crippen LogP contribution in [0.1, 0.15) is 10.5 Å². The molecule has 2 heterocycles. The van der Waals surface area contributed by atoms with Gasteiger partial charge in [0.25, 0.3) is 5.91 Å². The molecule has 0 unspecified atom stereocenters. The molecule has 0 saturated carbocycles. The number of halogens is 1. The van der Waals surface area contributed by atoms with Gasteiger partial charge in [0, 0.05) is 36.3 Å². The van der Waals surface area contributed by atoms with E-state index in [2.05, 4.69) is 20.9 Å². The first kappa shape index (κ1) is 9.73. The molecular weight excluding hydrogens is 248 g/mol. The number of carbonyl (C=O) groups is 1. The number of aliphatic hydroxyl groups is 1. The minimum Gasteiger partial charge on any atom is -0.396 e. The maximum Gasteiger partial charge on any atom is 0.270 e. The Balaban J connectivity index is 1.97. The number of aliphatic hydroxyl groups excluding tert-OH is 1. The van der Waals surface area contributed by atoms with E-state index < -0.39 is 0 Å². The lowest BCUT2D eigenvalue weighted by molar-refractivity contribution is 0.0357. The highest BCUT2D eigenvalue weighted by Gasteiger charge is 2.30. The summed E-state index contributed by atoms with van der Waals surface area (Å²) >= 11 is 3.27. The molecule has 0 bridgehead atoms. The minimum absolute atomic E-state index is 0.000370. The molecule has 1 fully saturated rings. The Morgan fingerprint density at radius 2 is 2.43 bits per heavy atom. The number of hydrogen-bond donors (Lipinski definition) is 2. The summed E-state index contributed by atoms with van der Waals surface area (Å²) in [4.78, 5) is 16.3. The Hall–Kier alpha value is -0.810. The van der Waals surface area contributed by atoms with Crippen LogP contribution in [0.15, 0.2) is 16.7 Å². The molecule has 1 aromatic rings. The van der Waals surface area contributed by atoms with Gasteiger partial charge < -0.3 is 15.0 Å². The zero-order chi connectivity index (χ0) is 10.1. The van der Waals surface area contributed by atoms with Crippen molar-refractivity contribution in [1.29, 1.82) is 0 Å². The molecule has 0 aromatic carbocycles. The highest BCUT2D eigenvalue weighted by molar-refractivity contribution is 9.10. The van der Waals surface area contributed by atoms with E-state index in [0.29, 0.717) is 18.8 Å². The third-order valence-electron chi connectivity index (χ3n) is 2.38. The van der Waals surface area contributed by atoms with Gasteiger partial charge in [-0.2, -0.15) is 0 Å². The second-order valence-electron chi connectivity index (χ2n) is 3.49. The van der Waals surface area contributed by atoms with Crippen LogP contribution in [0.25, 0.3) is 0 Å². The highest BCUT2D eigenvalue weighted by atomic mass is 79.9. The van der Waals surface area contributed by atoms with Crippen LogP contribution in [0, 0.1) is 5.92 Å². The summed E-state index contributed by atoms with van der Waals surface area (Å²) < 4.78 is 0.875. The smallest absolute Gasteiger partial charge is 0.270 e. The van der Waals surface area contributed by atoms with Crippen LogP contribution in [0.5, 0.6) is 0 Å². The summed E-state index contributed by atoms with van der Waals surface area (Å²) in [5.74, 6) is 0.262. The van der Waals surface area contributed by atoms with Crippen molar-refractivity contribution in [2.45, 2.75) is 0 Å². The molecule has 0 radical (unpaired) electrons. The predicted octanol–water partition coefficient (Wildman–Crippen LogP) is 0.841. The number of hydrogen-bond acceptors (Lipinski definition) is 2. The Bertz CT molecular complexity index is 344. The number of carbonyl (C=O) groups excluding carboxylic acids is 1. The van der Waals surface area contributed by atoms with Gasteiger partial charge in [0.2, 0.25) is 0 Å². The lowest BCUT2D eigenvalue weighted by Crippen LogP contribution is -2.51. The normalized spacial score (nSPS) is 16.9. The Morgan fingerprint density at radius 3 is 2.93 bits per heavy atom. The fourth-order valence-electron chi connectivity index (χ4n) is 1.51. The second kappa shape index (κ2) is 3.74. The van der Waals surface area contributed by atoms with Gasteiger partial charge in [-0.3, -0.25) is 4.79 Å². The van der Waals surface area contributed by atoms with Crippen LogP contribution in [0.3, 0.4) is 0 Å². The van der Waals surface area contributed by atoms with Crippen molar-refractivity contribution in [1.82, 2.24) is 9.88 Å². The zero-order valence-corrected chi connectivity index (χ0v) is 9.12. The molecule has 1 aliphatic heterocycles. The number of nitrogens with one attached hydrogen (secondary N) is 1. The van der Waals surface area contributed by atoms with Crippen molar-refractivity contribution >= 4 is 21.8 Å². The average molecular weight is 259 g/mol. The monoisotopic (exact) mass is 258 g/mol. The number of rotatable bonds is 2. The maximum atomic E-state index is 11.7. The van der Waals surface area contributed by atoms with Crippen molar-refractivity contribution in [3.05, 3.63) is 22.4 Å². The van der Waals surface area contributed by atoms with Crippen LogP contribution in [0.4, 0.5) is 0 Å². The fraction of sp³-hybridized carbons (Fsp3) is 0.444. The van der Waals surface area contributed by atoms with Gasteiger partial charge >= 0.3 is 0 Å². The summed E-state index contributed by atoms with van der Waals surface area (Å²) in [6, 6.07) is 1.76. The Labute approximate surface area is 90.0 Å². The summed E-state index contributed by atoms with van der Waals surface area (Å²) in [5.41, 5.74) is 0.591. The molecule has 1 aromatic heterocycles. The third-order valence-corrected chi connectivity index (χ3v) is 2.84. The van der Waals surface area contributed by atoms with Crippen molar-refractivity contribution < 1.29 is 9.90 Å². The quantitative estimate of drug-likeness (QED) is 0.826. The SMILES string of the molecule is O=C(c1cc(Br)c[nH]1)N1CC(CO)C1. The maximum absolute atomic E-state index is 11.7. The van der Waals surface area contributed by atoms with Gasteiger partial charge in [0.15, 0.2) is 0 Å². The topological polar surface area (TPSA) is 56.3 Å². The Morgan fingerprint density at radius 1 is 1.71 bits per heavy atom. The van der Waals surface area contributed by atoms with Crippen molar-refractivity contribution in [3.8, 4) is 0 Å². The van der Waals surface area contributed by atoms with E-state index in [-0.39, 0.29) is 18.4 Å². The molecule has 1 amide bonds. The molecule has 4 nitrogen and oxygen atoms in total. The third kappa shape index (κ3) is 1.69. The van der Waals surface area contributed by atoms with Crippen molar-refractivity contribution in [2.75, 3.05) is 19.7 Å². The molecule has 76 valence electrons. The summed E-state index contributed by atoms with van der Waals surface area (Å²) in [7, 11) is 0. The highest BCUT2D eigenvalue weighted by Crippen LogP contribution is 2.19. The first-order valence-corrected chi connectivity index (χ1v) is 5.24. The number of H-pyrrole nitrogens is 1. The van der Waals surface area contributed by atoms with Crippen LogP contribution in [-0.4, -0.2) is 40.6 Å². The van der Waals surface area contributed by atoms with Gasteiger partial charge in [-0.25, -0.2) is 0 Å². The lowest BCUT2D eigenvalue weighted by Gasteiger charge is -2.37. The average Bonchev–Trinajstić information content (AvgIpc) is 2.49. The molecule has 1 aliphatic rings. The summed E-state index contributed by atoms with van der Waals surface area (Å²) in [6.45, 7) is 1.48. The van der Waals surface area contributed by atoms with Crippen molar-refractivity contribution in [3.63, 3.8) is 0 Å². The molecule has 2 rings (SSSR count). The van der Waals surface area contributed by atoms with Gasteiger partial charge in [-0.15, -0.1) is 0 Å². The molecule has 14 heavy (non-hydrogen) atoms. The van der Waals surface area contributed by atoms with E-state index in [0.717, 1.165) is 4.47 Å². The van der Waals surface area contributed by atoms with E-state index >= 15 is 0 Å². The summed E-state index contributed by atoms with van der Waals surface area (Å²) in [5, 5.41) is 8.81. The predicted molar refractivity (Wildman–Crippen MR) is 55.0 cm³/mol. The van der Waals surface area contributed by atoms with Crippen molar-refractivity contribution in [2.24, 2.45) is 5.92 Å². The first-order valence-electron chi connectivity index (χ1n) is 4.44. The van der Waals surface area contributed by atoms with Gasteiger partial charge in [0.1, 0.15) is 5.69 Å². The molecule has 0 aliphatic carbocycles. The number of amides is 1. The van der Waals surface area contributed by atoms with E-state index in [9.17, 15) is 4.79 Å². The lowest BCUT2D eigenvalue weighted by atomic mass is 10.0. The first-order chi connectivity index (χ1) is 6.70. The second-order valence-corrected chi connectivity index (χ2v) is 4.41. The fourth-order valence-corrected chi connectivity index (χ4v) is 1.86. The van der Waals surface area contributed by atoms with Gasteiger partial charge in [-0.1, -0.05) is 0 Å². The van der Waals surface area contributed by atoms with Gasteiger partial charge in [0.05, 0.1) is 0 Å². The zero-order valence-electron chi connectivity index (χ0n) is 7.53. The molecule has 5 heteroatoms. The van der Waals surface area contributed by atoms with E-state index in [4.69, 9.17) is 5.11 Å². The summed E-state index contributed by atoms with van der Waals surface area (Å²) in [6.07, 6.45) is 1.73. The molecule has 0 atom stereocenters. The largest absolute Gasteiger partial charge is 0.396 e. The molecule has 1 saturated heterocycles. The van der Waals surface area contributed by atoms with Gasteiger partial charge in [-0.05, 0) is 22.0 Å². The standard InChI is InChI=1S/C9H11BrN2O2/c10-7-1-8(11-2-7)9(14)12-3-6(4-12)5-13/h1-2,6,11,13H,3-5H2. The molecule has 0 spiro atoms. The minimum atomic E-state index is 0.000370. The molecule has 2 N–H and O–H groups in total.